The van der Waals surface area contributed by atoms with Gasteiger partial charge in [-0.15, -0.1) is 0 Å². The monoisotopic (exact) mass is 290 g/mol. The van der Waals surface area contributed by atoms with E-state index in [1.165, 1.54) is 18.2 Å². The molecule has 1 atom stereocenters. The fraction of sp³-hybridized carbons (Fsp3) is 0.312. The van der Waals surface area contributed by atoms with Crippen LogP contribution in [0.5, 0.6) is 11.5 Å². The van der Waals surface area contributed by atoms with E-state index in [2.05, 4.69) is 0 Å². The zero-order valence-corrected chi connectivity index (χ0v) is 11.7. The van der Waals surface area contributed by atoms with Crippen molar-refractivity contribution >= 4 is 5.97 Å². The van der Waals surface area contributed by atoms with Gasteiger partial charge in [0.15, 0.2) is 0 Å². The molecule has 1 aliphatic rings. The Hall–Kier alpha value is -2.27. The van der Waals surface area contributed by atoms with Crippen LogP contribution in [-0.4, -0.2) is 27.9 Å². The van der Waals surface area contributed by atoms with E-state index in [9.17, 15) is 15.0 Å². The Morgan fingerprint density at radius 1 is 1.38 bits per heavy atom. The van der Waals surface area contributed by atoms with Crippen molar-refractivity contribution in [2.75, 3.05) is 6.61 Å². The predicted octanol–water partition coefficient (Wildman–Crippen LogP) is 2.34. The molecule has 1 unspecified atom stereocenters. The molecule has 0 bridgehead atoms. The minimum atomic E-state index is -0.678. The highest BCUT2D eigenvalue weighted by molar-refractivity contribution is 5.91. The lowest BCUT2D eigenvalue weighted by Crippen LogP contribution is -2.02. The molecular formula is C16H18O5. The number of phenols is 2. The molecule has 0 fully saturated rings. The maximum absolute atomic E-state index is 11.8. The number of allylic oxidation sites excluding steroid dienone is 1. The van der Waals surface area contributed by atoms with Gasteiger partial charge in [-0.05, 0) is 44.0 Å². The molecule has 5 nitrogen and oxygen atoms in total. The molecule has 1 aromatic rings. The summed E-state index contributed by atoms with van der Waals surface area (Å²) in [6.07, 6.45) is 3.98. The number of aromatic hydroxyl groups is 2. The summed E-state index contributed by atoms with van der Waals surface area (Å²) < 4.78 is 5.21. The van der Waals surface area contributed by atoms with Gasteiger partial charge >= 0.3 is 5.97 Å². The fourth-order valence-corrected chi connectivity index (χ4v) is 2.12. The number of hydrogen-bond donors (Lipinski definition) is 3. The second-order valence-electron chi connectivity index (χ2n) is 5.01. The molecule has 0 saturated carbocycles. The number of carbonyl (C=O) groups is 1. The summed E-state index contributed by atoms with van der Waals surface area (Å²) in [5.74, 6) is -0.445. The highest BCUT2D eigenvalue weighted by atomic mass is 16.5. The molecule has 0 amide bonds. The standard InChI is InChI=1S/C16H18O5/c1-10(9-17)3-2-4-11-7-15(21-16(11)20)13-8-12(18)5-6-14(13)19/h3,5-8,15,17-19H,2,4,9H2,1H3/b10-3-. The number of rotatable bonds is 5. The van der Waals surface area contributed by atoms with Gasteiger partial charge in [0, 0.05) is 11.1 Å². The van der Waals surface area contributed by atoms with Crippen LogP contribution in [0, 0.1) is 0 Å². The molecule has 0 saturated heterocycles. The third kappa shape index (κ3) is 3.64. The van der Waals surface area contributed by atoms with E-state index in [1.807, 2.05) is 13.0 Å². The van der Waals surface area contributed by atoms with Gasteiger partial charge in [0.1, 0.15) is 17.6 Å². The van der Waals surface area contributed by atoms with Crippen molar-refractivity contribution < 1.29 is 24.9 Å². The van der Waals surface area contributed by atoms with E-state index in [4.69, 9.17) is 9.84 Å². The van der Waals surface area contributed by atoms with Crippen LogP contribution in [0.25, 0.3) is 0 Å². The van der Waals surface area contributed by atoms with E-state index in [1.54, 1.807) is 6.08 Å². The molecule has 5 heteroatoms. The molecular weight excluding hydrogens is 272 g/mol. The number of aliphatic hydroxyl groups is 1. The van der Waals surface area contributed by atoms with E-state index in [-0.39, 0.29) is 18.1 Å². The zero-order chi connectivity index (χ0) is 15.4. The normalized spacial score (nSPS) is 18.6. The summed E-state index contributed by atoms with van der Waals surface area (Å²) in [6.45, 7) is 1.82. The highest BCUT2D eigenvalue weighted by Gasteiger charge is 2.28. The quantitative estimate of drug-likeness (QED) is 0.440. The van der Waals surface area contributed by atoms with E-state index in [0.29, 0.717) is 24.0 Å². The van der Waals surface area contributed by atoms with Gasteiger partial charge in [0.05, 0.1) is 6.61 Å². The number of phenolic OH excluding ortho intramolecular Hbond substituents is 2. The topological polar surface area (TPSA) is 87.0 Å². The van der Waals surface area contributed by atoms with Crippen molar-refractivity contribution in [3.8, 4) is 11.5 Å². The summed E-state index contributed by atoms with van der Waals surface area (Å²) in [7, 11) is 0. The number of carbonyl (C=O) groups excluding carboxylic acids is 1. The Balaban J connectivity index is 2.11. The number of hydrogen-bond acceptors (Lipinski definition) is 5. The molecule has 1 aliphatic heterocycles. The first-order valence-corrected chi connectivity index (χ1v) is 6.71. The van der Waals surface area contributed by atoms with Crippen LogP contribution in [0.1, 0.15) is 31.4 Å². The minimum Gasteiger partial charge on any atom is -0.508 e. The van der Waals surface area contributed by atoms with Gasteiger partial charge in [-0.1, -0.05) is 11.6 Å². The van der Waals surface area contributed by atoms with E-state index < -0.39 is 12.1 Å². The molecule has 0 radical (unpaired) electrons. The van der Waals surface area contributed by atoms with E-state index >= 15 is 0 Å². The summed E-state index contributed by atoms with van der Waals surface area (Å²) in [6, 6.07) is 4.10. The molecule has 0 aromatic heterocycles. The van der Waals surface area contributed by atoms with Crippen molar-refractivity contribution in [2.45, 2.75) is 25.9 Å². The van der Waals surface area contributed by atoms with Gasteiger partial charge in [0.2, 0.25) is 0 Å². The van der Waals surface area contributed by atoms with Crippen LogP contribution in [0.2, 0.25) is 0 Å². The molecule has 1 aromatic carbocycles. The van der Waals surface area contributed by atoms with Crippen LogP contribution < -0.4 is 0 Å². The van der Waals surface area contributed by atoms with Gasteiger partial charge in [-0.3, -0.25) is 0 Å². The minimum absolute atomic E-state index is 0.00204. The largest absolute Gasteiger partial charge is 0.508 e. The lowest BCUT2D eigenvalue weighted by Gasteiger charge is -2.10. The summed E-state index contributed by atoms with van der Waals surface area (Å²) in [4.78, 5) is 11.8. The van der Waals surface area contributed by atoms with Gasteiger partial charge in [-0.25, -0.2) is 4.79 Å². The maximum Gasteiger partial charge on any atom is 0.334 e. The number of esters is 1. The van der Waals surface area contributed by atoms with Crippen molar-refractivity contribution in [3.63, 3.8) is 0 Å². The van der Waals surface area contributed by atoms with Crippen molar-refractivity contribution in [2.24, 2.45) is 0 Å². The van der Waals surface area contributed by atoms with Gasteiger partial charge in [0.25, 0.3) is 0 Å². The molecule has 2 rings (SSSR count). The Bertz CT molecular complexity index is 601. The van der Waals surface area contributed by atoms with Crippen molar-refractivity contribution in [3.05, 3.63) is 47.1 Å². The number of aliphatic hydroxyl groups excluding tert-OH is 1. The second kappa shape index (κ2) is 6.45. The summed E-state index contributed by atoms with van der Waals surface area (Å²) >= 11 is 0. The Labute approximate surface area is 122 Å². The van der Waals surface area contributed by atoms with Crippen LogP contribution in [0.15, 0.2) is 41.5 Å². The summed E-state index contributed by atoms with van der Waals surface area (Å²) in [5.41, 5.74) is 1.74. The second-order valence-corrected chi connectivity index (χ2v) is 5.01. The van der Waals surface area contributed by atoms with Crippen LogP contribution in [0.4, 0.5) is 0 Å². The Kier molecular flexibility index (Phi) is 4.65. The molecule has 21 heavy (non-hydrogen) atoms. The molecule has 112 valence electrons. The zero-order valence-electron chi connectivity index (χ0n) is 11.7. The average Bonchev–Trinajstić information content (AvgIpc) is 2.82. The average molecular weight is 290 g/mol. The van der Waals surface area contributed by atoms with Gasteiger partial charge < -0.3 is 20.1 Å². The van der Waals surface area contributed by atoms with Crippen molar-refractivity contribution in [1.29, 1.82) is 0 Å². The SMILES string of the molecule is C/C(=C/CCC1=CC(c2cc(O)ccc2O)OC1=O)CO. The lowest BCUT2D eigenvalue weighted by atomic mass is 10.0. The lowest BCUT2D eigenvalue weighted by molar-refractivity contribution is -0.140. The van der Waals surface area contributed by atoms with Crippen molar-refractivity contribution in [1.82, 2.24) is 0 Å². The number of ether oxygens (including phenoxy) is 1. The molecule has 3 N–H and O–H groups in total. The van der Waals surface area contributed by atoms with E-state index in [0.717, 1.165) is 5.57 Å². The van der Waals surface area contributed by atoms with Crippen LogP contribution >= 0.6 is 0 Å². The maximum atomic E-state index is 11.8. The predicted molar refractivity (Wildman–Crippen MR) is 76.8 cm³/mol. The third-order valence-electron chi connectivity index (χ3n) is 3.32. The third-order valence-corrected chi connectivity index (χ3v) is 3.32. The molecule has 0 aliphatic carbocycles. The first-order chi connectivity index (χ1) is 10.0. The smallest absolute Gasteiger partial charge is 0.334 e. The first kappa shape index (κ1) is 15.1. The summed E-state index contributed by atoms with van der Waals surface area (Å²) in [5, 5.41) is 28.1. The van der Waals surface area contributed by atoms with Crippen LogP contribution in [0.3, 0.4) is 0 Å². The first-order valence-electron chi connectivity index (χ1n) is 6.71. The molecule has 1 heterocycles. The number of benzene rings is 1. The fourth-order valence-electron chi connectivity index (χ4n) is 2.12. The van der Waals surface area contributed by atoms with Gasteiger partial charge in [-0.2, -0.15) is 0 Å². The number of cyclic esters (lactones) is 1. The van der Waals surface area contributed by atoms with Crippen LogP contribution in [-0.2, 0) is 9.53 Å². The molecule has 0 spiro atoms. The Morgan fingerprint density at radius 2 is 2.14 bits per heavy atom. The Morgan fingerprint density at radius 3 is 2.86 bits per heavy atom. The highest BCUT2D eigenvalue weighted by Crippen LogP contribution is 2.36.